The Bertz CT molecular complexity index is 1080. The zero-order chi connectivity index (χ0) is 20.1. The average molecular weight is 410 g/mol. The lowest BCUT2D eigenvalue weighted by Gasteiger charge is -2.08. The van der Waals surface area contributed by atoms with Crippen LogP contribution in [0, 0.1) is 5.82 Å². The summed E-state index contributed by atoms with van der Waals surface area (Å²) >= 11 is 1.34. The van der Waals surface area contributed by atoms with E-state index >= 15 is 0 Å². The van der Waals surface area contributed by atoms with Gasteiger partial charge in [-0.1, -0.05) is 17.0 Å². The molecule has 29 heavy (non-hydrogen) atoms. The number of amides is 1. The Hall–Kier alpha value is -3.53. The standard InChI is InChI=1S/C19H15FN6O2S/c20-13-4-6-14(7-5-13)26-16(12-29-19-21-8-2-9-22-19)17(24-25-26)18(27)23-11-15-3-1-10-28-15/h1-10H,11-12H2,(H,23,27). The predicted molar refractivity (Wildman–Crippen MR) is 103 cm³/mol. The number of hydrogen-bond acceptors (Lipinski definition) is 7. The van der Waals surface area contributed by atoms with E-state index in [1.165, 1.54) is 34.8 Å². The minimum atomic E-state index is -0.389. The first kappa shape index (κ1) is 18.8. The Morgan fingerprint density at radius 2 is 1.93 bits per heavy atom. The van der Waals surface area contributed by atoms with Gasteiger partial charge in [-0.05, 0) is 42.5 Å². The lowest BCUT2D eigenvalue weighted by molar-refractivity contribution is 0.0942. The van der Waals surface area contributed by atoms with E-state index in [4.69, 9.17) is 4.42 Å². The summed E-state index contributed by atoms with van der Waals surface area (Å²) in [5.74, 6) is 0.217. The van der Waals surface area contributed by atoms with Crippen LogP contribution in [0.2, 0.25) is 0 Å². The van der Waals surface area contributed by atoms with Crippen LogP contribution < -0.4 is 5.32 Å². The van der Waals surface area contributed by atoms with Crippen molar-refractivity contribution in [3.8, 4) is 5.69 Å². The second kappa shape index (κ2) is 8.65. The van der Waals surface area contributed by atoms with Gasteiger partial charge in [-0.2, -0.15) is 0 Å². The number of carbonyl (C=O) groups excluding carboxylic acids is 1. The van der Waals surface area contributed by atoms with E-state index in [9.17, 15) is 9.18 Å². The number of nitrogens with one attached hydrogen (secondary N) is 1. The van der Waals surface area contributed by atoms with Crippen molar-refractivity contribution in [2.45, 2.75) is 17.5 Å². The highest BCUT2D eigenvalue weighted by Crippen LogP contribution is 2.23. The molecular weight excluding hydrogens is 395 g/mol. The summed E-state index contributed by atoms with van der Waals surface area (Å²) in [5.41, 5.74) is 1.31. The third kappa shape index (κ3) is 4.49. The highest BCUT2D eigenvalue weighted by Gasteiger charge is 2.21. The number of nitrogens with zero attached hydrogens (tertiary/aromatic N) is 5. The van der Waals surface area contributed by atoms with Crippen molar-refractivity contribution < 1.29 is 13.6 Å². The van der Waals surface area contributed by atoms with E-state index < -0.39 is 0 Å². The summed E-state index contributed by atoms with van der Waals surface area (Å²) in [6.45, 7) is 0.226. The molecule has 3 aromatic heterocycles. The van der Waals surface area contributed by atoms with Gasteiger partial charge < -0.3 is 9.73 Å². The molecule has 0 aliphatic rings. The Morgan fingerprint density at radius 3 is 2.66 bits per heavy atom. The quantitative estimate of drug-likeness (QED) is 0.369. The number of carbonyl (C=O) groups is 1. The van der Waals surface area contributed by atoms with Crippen molar-refractivity contribution in [2.24, 2.45) is 0 Å². The summed E-state index contributed by atoms with van der Waals surface area (Å²) in [5, 5.41) is 11.5. The molecule has 0 saturated heterocycles. The molecule has 4 aromatic rings. The SMILES string of the molecule is O=C(NCc1ccco1)c1nnn(-c2ccc(F)cc2)c1CSc1ncccn1. The Labute approximate surface area is 169 Å². The molecule has 0 aliphatic carbocycles. The van der Waals surface area contributed by atoms with Crippen molar-refractivity contribution in [3.63, 3.8) is 0 Å². The van der Waals surface area contributed by atoms with Crippen molar-refractivity contribution >= 4 is 17.7 Å². The second-order valence-electron chi connectivity index (χ2n) is 5.86. The van der Waals surface area contributed by atoms with Crippen LogP contribution in [0.5, 0.6) is 0 Å². The zero-order valence-electron chi connectivity index (χ0n) is 15.0. The molecule has 0 spiro atoms. The predicted octanol–water partition coefficient (Wildman–Crippen LogP) is 3.01. The fourth-order valence-electron chi connectivity index (χ4n) is 2.55. The van der Waals surface area contributed by atoms with Gasteiger partial charge in [-0.25, -0.2) is 19.0 Å². The van der Waals surface area contributed by atoms with Gasteiger partial charge in [0.2, 0.25) is 0 Å². The maximum Gasteiger partial charge on any atom is 0.274 e. The van der Waals surface area contributed by atoms with Crippen LogP contribution in [0.1, 0.15) is 21.9 Å². The zero-order valence-corrected chi connectivity index (χ0v) is 15.8. The number of furan rings is 1. The summed E-state index contributed by atoms with van der Waals surface area (Å²) < 4.78 is 20.0. The Kier molecular flexibility index (Phi) is 5.61. The maximum absolute atomic E-state index is 13.3. The van der Waals surface area contributed by atoms with Crippen molar-refractivity contribution in [1.29, 1.82) is 0 Å². The monoisotopic (exact) mass is 410 g/mol. The van der Waals surface area contributed by atoms with E-state index in [1.807, 2.05) is 0 Å². The number of rotatable bonds is 7. The summed E-state index contributed by atoms with van der Waals surface area (Å²) in [7, 11) is 0. The molecule has 0 bridgehead atoms. The average Bonchev–Trinajstić information content (AvgIpc) is 3.42. The third-order valence-corrected chi connectivity index (χ3v) is 4.82. The number of hydrogen-bond donors (Lipinski definition) is 1. The molecule has 0 aliphatic heterocycles. The molecule has 8 nitrogen and oxygen atoms in total. The van der Waals surface area contributed by atoms with Gasteiger partial charge in [0.05, 0.1) is 24.2 Å². The minimum absolute atomic E-state index is 0.171. The molecule has 0 radical (unpaired) electrons. The lowest BCUT2D eigenvalue weighted by Crippen LogP contribution is -2.24. The van der Waals surface area contributed by atoms with E-state index in [0.717, 1.165) is 0 Å². The molecular formula is C19H15FN6O2S. The van der Waals surface area contributed by atoms with E-state index in [2.05, 4.69) is 25.6 Å². The van der Waals surface area contributed by atoms with E-state index in [0.29, 0.717) is 28.1 Å². The van der Waals surface area contributed by atoms with Crippen LogP contribution in [-0.2, 0) is 12.3 Å². The van der Waals surface area contributed by atoms with Crippen molar-refractivity contribution in [3.05, 3.63) is 84.1 Å². The number of aromatic nitrogens is 5. The Morgan fingerprint density at radius 1 is 1.14 bits per heavy atom. The molecule has 3 heterocycles. The van der Waals surface area contributed by atoms with Gasteiger partial charge in [0.1, 0.15) is 11.6 Å². The first-order valence-electron chi connectivity index (χ1n) is 8.61. The molecule has 146 valence electrons. The highest BCUT2D eigenvalue weighted by atomic mass is 32.2. The topological polar surface area (TPSA) is 98.7 Å². The van der Waals surface area contributed by atoms with Crippen molar-refractivity contribution in [2.75, 3.05) is 0 Å². The third-order valence-electron chi connectivity index (χ3n) is 3.93. The minimum Gasteiger partial charge on any atom is -0.467 e. The van der Waals surface area contributed by atoms with Gasteiger partial charge in [-0.3, -0.25) is 4.79 Å². The van der Waals surface area contributed by atoms with Crippen LogP contribution in [-0.4, -0.2) is 30.9 Å². The Balaban J connectivity index is 1.60. The van der Waals surface area contributed by atoms with Crippen LogP contribution in [0.3, 0.4) is 0 Å². The summed E-state index contributed by atoms with van der Waals surface area (Å²) in [6.07, 6.45) is 4.82. The number of thioether (sulfide) groups is 1. The summed E-state index contributed by atoms with van der Waals surface area (Å²) in [4.78, 5) is 21.1. The molecule has 4 rings (SSSR count). The van der Waals surface area contributed by atoms with Gasteiger partial charge >= 0.3 is 0 Å². The molecule has 0 unspecified atom stereocenters. The first-order chi connectivity index (χ1) is 14.2. The molecule has 0 fully saturated rings. The highest BCUT2D eigenvalue weighted by molar-refractivity contribution is 7.98. The second-order valence-corrected chi connectivity index (χ2v) is 6.80. The fraction of sp³-hybridized carbons (Fsp3) is 0.105. The normalized spacial score (nSPS) is 10.8. The van der Waals surface area contributed by atoms with Crippen molar-refractivity contribution in [1.82, 2.24) is 30.3 Å². The van der Waals surface area contributed by atoms with Crippen LogP contribution in [0.4, 0.5) is 4.39 Å². The molecule has 10 heteroatoms. The number of benzene rings is 1. The van der Waals surface area contributed by atoms with Gasteiger partial charge in [0.25, 0.3) is 5.91 Å². The number of halogens is 1. The molecule has 0 atom stereocenters. The van der Waals surface area contributed by atoms with Crippen LogP contribution >= 0.6 is 11.8 Å². The van der Waals surface area contributed by atoms with Gasteiger partial charge in [0, 0.05) is 18.1 Å². The van der Waals surface area contributed by atoms with Crippen LogP contribution in [0.25, 0.3) is 5.69 Å². The van der Waals surface area contributed by atoms with E-state index in [1.54, 1.807) is 42.7 Å². The van der Waals surface area contributed by atoms with Gasteiger partial charge in [-0.15, -0.1) is 5.10 Å². The van der Waals surface area contributed by atoms with E-state index in [-0.39, 0.29) is 24.0 Å². The molecule has 1 N–H and O–H groups in total. The largest absolute Gasteiger partial charge is 0.467 e. The lowest BCUT2D eigenvalue weighted by atomic mass is 10.2. The molecule has 0 saturated carbocycles. The smallest absolute Gasteiger partial charge is 0.274 e. The molecule has 1 amide bonds. The molecule has 1 aromatic carbocycles. The summed E-state index contributed by atoms with van der Waals surface area (Å²) in [6, 6.07) is 11.0. The first-order valence-corrected chi connectivity index (χ1v) is 9.60. The van der Waals surface area contributed by atoms with Crippen LogP contribution in [0.15, 0.2) is 70.7 Å². The fourth-order valence-corrected chi connectivity index (χ4v) is 3.35. The van der Waals surface area contributed by atoms with Gasteiger partial charge in [0.15, 0.2) is 10.9 Å². The maximum atomic E-state index is 13.3.